The molecule has 1 aliphatic heterocycles. The van der Waals surface area contributed by atoms with Crippen LogP contribution in [0.15, 0.2) is 0 Å². The summed E-state index contributed by atoms with van der Waals surface area (Å²) in [7, 11) is 0. The minimum Gasteiger partial charge on any atom is -0.446 e. The van der Waals surface area contributed by atoms with E-state index in [0.717, 1.165) is 38.5 Å². The molecule has 7 nitrogen and oxygen atoms in total. The van der Waals surface area contributed by atoms with Gasteiger partial charge in [0.05, 0.1) is 12.6 Å². The average Bonchev–Trinajstić information content (AvgIpc) is 3.25. The van der Waals surface area contributed by atoms with Crippen molar-refractivity contribution >= 4 is 12.0 Å². The summed E-state index contributed by atoms with van der Waals surface area (Å²) in [4.78, 5) is 25.8. The van der Waals surface area contributed by atoms with Crippen LogP contribution >= 0.6 is 0 Å². The first kappa shape index (κ1) is 19.0. The van der Waals surface area contributed by atoms with Crippen LogP contribution in [0.3, 0.4) is 0 Å². The molecule has 3 aliphatic rings. The fourth-order valence-corrected chi connectivity index (χ4v) is 4.78. The maximum absolute atomic E-state index is 12.3. The third-order valence-electron chi connectivity index (χ3n) is 5.92. The Morgan fingerprint density at radius 3 is 2.54 bits per heavy atom. The third-order valence-corrected chi connectivity index (χ3v) is 5.92. The van der Waals surface area contributed by atoms with Crippen LogP contribution in [0.1, 0.15) is 52.4 Å². The maximum atomic E-state index is 12.3. The zero-order chi connectivity index (χ0) is 18.7. The summed E-state index contributed by atoms with van der Waals surface area (Å²) in [6.07, 6.45) is 5.33. The van der Waals surface area contributed by atoms with Crippen molar-refractivity contribution in [3.05, 3.63) is 0 Å². The summed E-state index contributed by atoms with van der Waals surface area (Å²) in [6, 6.07) is 2.41. The Bertz CT molecular complexity index is 560. The van der Waals surface area contributed by atoms with Crippen LogP contribution in [-0.4, -0.2) is 54.2 Å². The SMILES string of the molecule is CC(C)NC(=O)OC1C[C@H]2CC(NCC(=O)N3CCC[C@H]3C#N)C[C@H]2C1. The predicted octanol–water partition coefficient (Wildman–Crippen LogP) is 1.78. The van der Waals surface area contributed by atoms with Crippen molar-refractivity contribution in [1.82, 2.24) is 15.5 Å². The molecule has 5 atom stereocenters. The number of carbonyl (C=O) groups is 2. The van der Waals surface area contributed by atoms with Crippen molar-refractivity contribution in [2.45, 2.75) is 76.6 Å². The van der Waals surface area contributed by atoms with Gasteiger partial charge >= 0.3 is 6.09 Å². The highest BCUT2D eigenvalue weighted by atomic mass is 16.6. The number of carbonyl (C=O) groups excluding carboxylic acids is 2. The van der Waals surface area contributed by atoms with E-state index in [1.807, 2.05) is 13.8 Å². The van der Waals surface area contributed by atoms with E-state index in [-0.39, 0.29) is 30.2 Å². The number of amides is 2. The quantitative estimate of drug-likeness (QED) is 0.777. The Labute approximate surface area is 155 Å². The van der Waals surface area contributed by atoms with Crippen molar-refractivity contribution in [2.24, 2.45) is 11.8 Å². The van der Waals surface area contributed by atoms with Gasteiger partial charge in [0.25, 0.3) is 0 Å². The van der Waals surface area contributed by atoms with Gasteiger partial charge in [0.2, 0.25) is 5.91 Å². The Balaban J connectivity index is 1.38. The minimum absolute atomic E-state index is 0.0207. The van der Waals surface area contributed by atoms with Crippen molar-refractivity contribution in [2.75, 3.05) is 13.1 Å². The highest BCUT2D eigenvalue weighted by Gasteiger charge is 2.43. The molecule has 0 radical (unpaired) electrons. The van der Waals surface area contributed by atoms with Gasteiger partial charge in [-0.25, -0.2) is 4.79 Å². The van der Waals surface area contributed by atoms with Gasteiger partial charge in [-0.2, -0.15) is 5.26 Å². The van der Waals surface area contributed by atoms with Crippen LogP contribution in [0.2, 0.25) is 0 Å². The summed E-state index contributed by atoms with van der Waals surface area (Å²) in [5.41, 5.74) is 0. The maximum Gasteiger partial charge on any atom is 0.407 e. The van der Waals surface area contributed by atoms with E-state index in [0.29, 0.717) is 31.0 Å². The number of nitrogens with zero attached hydrogens (tertiary/aromatic N) is 2. The lowest BCUT2D eigenvalue weighted by atomic mass is 10.0. The molecule has 144 valence electrons. The number of hydrogen-bond donors (Lipinski definition) is 2. The van der Waals surface area contributed by atoms with E-state index in [9.17, 15) is 9.59 Å². The van der Waals surface area contributed by atoms with E-state index >= 15 is 0 Å². The smallest absolute Gasteiger partial charge is 0.407 e. The molecule has 2 N–H and O–H groups in total. The number of ether oxygens (including phenoxy) is 1. The van der Waals surface area contributed by atoms with E-state index < -0.39 is 0 Å². The standard InChI is InChI=1S/C19H30N4O3/c1-12(2)22-19(25)26-17-8-13-6-15(7-14(13)9-17)21-11-18(24)23-5-3-4-16(23)10-20/h12-17,21H,3-9,11H2,1-2H3,(H,22,25)/t13-,14+,15?,16-,17?/m0/s1. The predicted molar refractivity (Wildman–Crippen MR) is 96.1 cm³/mol. The number of rotatable bonds is 5. The molecule has 26 heavy (non-hydrogen) atoms. The minimum atomic E-state index is -0.317. The molecule has 0 spiro atoms. The largest absolute Gasteiger partial charge is 0.446 e. The Morgan fingerprint density at radius 1 is 1.23 bits per heavy atom. The lowest BCUT2D eigenvalue weighted by Gasteiger charge is -2.22. The van der Waals surface area contributed by atoms with Crippen LogP contribution in [0, 0.1) is 23.2 Å². The van der Waals surface area contributed by atoms with Crippen molar-refractivity contribution in [3.8, 4) is 6.07 Å². The van der Waals surface area contributed by atoms with Gasteiger partial charge in [0.1, 0.15) is 12.1 Å². The summed E-state index contributed by atoms with van der Waals surface area (Å²) in [5, 5.41) is 15.3. The zero-order valence-corrected chi connectivity index (χ0v) is 15.7. The second-order valence-corrected chi connectivity index (χ2v) is 8.24. The average molecular weight is 362 g/mol. The van der Waals surface area contributed by atoms with Crippen LogP contribution < -0.4 is 10.6 Å². The number of hydrogen-bond acceptors (Lipinski definition) is 5. The first-order chi connectivity index (χ1) is 12.5. The van der Waals surface area contributed by atoms with Crippen molar-refractivity contribution < 1.29 is 14.3 Å². The highest BCUT2D eigenvalue weighted by molar-refractivity contribution is 5.79. The van der Waals surface area contributed by atoms with Crippen molar-refractivity contribution in [1.29, 1.82) is 5.26 Å². The molecule has 2 aliphatic carbocycles. The third kappa shape index (κ3) is 4.47. The van der Waals surface area contributed by atoms with E-state index in [1.165, 1.54) is 0 Å². The van der Waals surface area contributed by atoms with Crippen molar-refractivity contribution in [3.63, 3.8) is 0 Å². The molecule has 3 rings (SSSR count). The lowest BCUT2D eigenvalue weighted by molar-refractivity contribution is -0.130. The summed E-state index contributed by atoms with van der Waals surface area (Å²) in [6.45, 7) is 4.86. The molecule has 1 saturated heterocycles. The fraction of sp³-hybridized carbons (Fsp3) is 0.842. The molecule has 0 aromatic heterocycles. The van der Waals surface area contributed by atoms with Gasteiger partial charge in [-0.15, -0.1) is 0 Å². The zero-order valence-electron chi connectivity index (χ0n) is 15.7. The second kappa shape index (κ2) is 8.26. The van der Waals surface area contributed by atoms with Gasteiger partial charge < -0.3 is 20.3 Å². The fourth-order valence-electron chi connectivity index (χ4n) is 4.78. The molecule has 1 heterocycles. The van der Waals surface area contributed by atoms with Gasteiger partial charge in [-0.05, 0) is 64.2 Å². The van der Waals surface area contributed by atoms with Gasteiger partial charge in [0.15, 0.2) is 0 Å². The van der Waals surface area contributed by atoms with Crippen LogP contribution in [-0.2, 0) is 9.53 Å². The molecular weight excluding hydrogens is 332 g/mol. The highest BCUT2D eigenvalue weighted by Crippen LogP contribution is 2.45. The van der Waals surface area contributed by atoms with Gasteiger partial charge in [0, 0.05) is 18.6 Å². The molecular formula is C19H30N4O3. The first-order valence-electron chi connectivity index (χ1n) is 9.86. The number of nitrogens with one attached hydrogen (secondary N) is 2. The Morgan fingerprint density at radius 2 is 1.92 bits per heavy atom. The number of nitriles is 1. The van der Waals surface area contributed by atoms with Crippen LogP contribution in [0.25, 0.3) is 0 Å². The van der Waals surface area contributed by atoms with Gasteiger partial charge in [-0.1, -0.05) is 0 Å². The van der Waals surface area contributed by atoms with E-state index in [2.05, 4.69) is 16.7 Å². The van der Waals surface area contributed by atoms with Crippen LogP contribution in [0.4, 0.5) is 4.79 Å². The van der Waals surface area contributed by atoms with E-state index in [4.69, 9.17) is 10.00 Å². The summed E-state index contributed by atoms with van der Waals surface area (Å²) < 4.78 is 5.52. The Kier molecular flexibility index (Phi) is 6.02. The molecule has 2 amide bonds. The first-order valence-corrected chi connectivity index (χ1v) is 9.86. The monoisotopic (exact) mass is 362 g/mol. The molecule has 0 aromatic carbocycles. The number of alkyl carbamates (subject to hydrolysis) is 1. The molecule has 2 saturated carbocycles. The number of fused-ring (bicyclic) bond motifs is 1. The topological polar surface area (TPSA) is 94.5 Å². The normalized spacial score (nSPS) is 33.2. The van der Waals surface area contributed by atoms with Gasteiger partial charge in [-0.3, -0.25) is 4.79 Å². The molecule has 2 unspecified atom stereocenters. The molecule has 0 aromatic rings. The second-order valence-electron chi connectivity index (χ2n) is 8.24. The molecule has 3 fully saturated rings. The molecule has 7 heteroatoms. The number of likely N-dealkylation sites (tertiary alicyclic amines) is 1. The van der Waals surface area contributed by atoms with E-state index in [1.54, 1.807) is 4.90 Å². The van der Waals surface area contributed by atoms with Crippen LogP contribution in [0.5, 0.6) is 0 Å². The molecule has 0 bridgehead atoms. The summed E-state index contributed by atoms with van der Waals surface area (Å²) in [5.74, 6) is 1.17. The summed E-state index contributed by atoms with van der Waals surface area (Å²) >= 11 is 0. The Hall–Kier alpha value is -1.81. The lowest BCUT2D eigenvalue weighted by Crippen LogP contribution is -2.43.